The third-order valence-electron chi connectivity index (χ3n) is 4.77. The molecule has 144 valence electrons. The van der Waals surface area contributed by atoms with E-state index in [2.05, 4.69) is 45.0 Å². The lowest BCUT2D eigenvalue weighted by molar-refractivity contribution is -0.120. The summed E-state index contributed by atoms with van der Waals surface area (Å²) in [5.41, 5.74) is 0. The Balaban J connectivity index is 2.19. The summed E-state index contributed by atoms with van der Waals surface area (Å²) in [6.45, 7) is 7.00. The molecule has 0 spiro atoms. The average Bonchev–Trinajstić information content (AvgIpc) is 2.68. The molecule has 0 aliphatic heterocycles. The molecule has 5 heteroatoms. The van der Waals surface area contributed by atoms with Crippen LogP contribution < -0.4 is 19.5 Å². The zero-order valence-corrected chi connectivity index (χ0v) is 17.9. The molecule has 0 saturated carbocycles. The molecule has 0 fully saturated rings. The van der Waals surface area contributed by atoms with Gasteiger partial charge in [0.15, 0.2) is 0 Å². The monoisotopic (exact) mass is 410 g/mol. The minimum atomic E-state index is -2.72. The molecule has 0 aliphatic rings. The Morgan fingerprint density at radius 3 is 1.82 bits per heavy atom. The maximum absolute atomic E-state index is 10.6. The van der Waals surface area contributed by atoms with Crippen molar-refractivity contribution in [2.45, 2.75) is 25.8 Å². The van der Waals surface area contributed by atoms with Crippen molar-refractivity contribution in [1.82, 2.24) is 0 Å². The van der Waals surface area contributed by atoms with Crippen LogP contribution in [0.4, 0.5) is 0 Å². The van der Waals surface area contributed by atoms with Crippen molar-refractivity contribution in [2.24, 2.45) is 0 Å². The minimum Gasteiger partial charge on any atom is -0.534 e. The molecule has 3 aromatic carbocycles. The molecule has 0 saturated heterocycles. The molecule has 0 radical (unpaired) electrons. The lowest BCUT2D eigenvalue weighted by atomic mass is 10.2. The second-order valence-electron chi connectivity index (χ2n) is 7.57. The van der Waals surface area contributed by atoms with E-state index in [0.717, 1.165) is 0 Å². The number of carbonyl (C=O) groups excluding carboxylic acids is 1. The van der Waals surface area contributed by atoms with E-state index in [-0.39, 0.29) is 5.04 Å². The van der Waals surface area contributed by atoms with Crippen LogP contribution in [-0.2, 0) is 4.79 Å². The topological polar surface area (TPSA) is 35.5 Å². The second kappa shape index (κ2) is 8.21. The summed E-state index contributed by atoms with van der Waals surface area (Å²) in [6, 6.07) is 25.9. The molecule has 0 aromatic heterocycles. The van der Waals surface area contributed by atoms with E-state index in [4.69, 9.17) is 20.8 Å². The van der Waals surface area contributed by atoms with E-state index in [9.17, 15) is 4.79 Å². The summed E-state index contributed by atoms with van der Waals surface area (Å²) in [6.07, 6.45) is 0. The molecule has 0 heterocycles. The molecular formula is C23H23ClO3Si. The van der Waals surface area contributed by atoms with Gasteiger partial charge in [-0.1, -0.05) is 93.0 Å². The number of rotatable bonds is 6. The minimum absolute atomic E-state index is 0.153. The van der Waals surface area contributed by atoms with Crippen LogP contribution in [0.2, 0.25) is 10.1 Å². The number of halogens is 1. The van der Waals surface area contributed by atoms with E-state index in [1.165, 1.54) is 10.4 Å². The zero-order valence-electron chi connectivity index (χ0n) is 16.2. The van der Waals surface area contributed by atoms with Gasteiger partial charge in [-0.05, 0) is 27.5 Å². The lowest BCUT2D eigenvalue weighted by Crippen LogP contribution is -2.68. The maximum Gasteiger partial charge on any atom is 0.319 e. The van der Waals surface area contributed by atoms with Crippen LogP contribution in [0.5, 0.6) is 11.5 Å². The number of hydrogen-bond acceptors (Lipinski definition) is 3. The highest BCUT2D eigenvalue weighted by atomic mass is 35.5. The molecule has 0 unspecified atom stereocenters. The number of carbonyl (C=O) groups is 1. The first kappa shape index (κ1) is 20.2. The van der Waals surface area contributed by atoms with Gasteiger partial charge in [0.25, 0.3) is 6.47 Å². The first-order valence-electron chi connectivity index (χ1n) is 9.08. The van der Waals surface area contributed by atoms with Crippen molar-refractivity contribution in [3.8, 4) is 11.5 Å². The van der Waals surface area contributed by atoms with Gasteiger partial charge in [0.1, 0.15) is 11.5 Å². The highest BCUT2D eigenvalue weighted by molar-refractivity contribution is 7.00. The molecule has 3 rings (SSSR count). The fourth-order valence-electron chi connectivity index (χ4n) is 3.52. The van der Waals surface area contributed by atoms with Gasteiger partial charge in [-0.2, -0.15) is 0 Å². The summed E-state index contributed by atoms with van der Waals surface area (Å²) in [5.74, 6) is 0.962. The second-order valence-corrected chi connectivity index (χ2v) is 12.2. The zero-order chi connectivity index (χ0) is 20.2. The highest BCUT2D eigenvalue weighted by Gasteiger charge is 2.52. The molecule has 0 aliphatic carbocycles. The summed E-state index contributed by atoms with van der Waals surface area (Å²) in [7, 11) is -2.72. The van der Waals surface area contributed by atoms with Gasteiger partial charge in [-0.25, -0.2) is 0 Å². The molecule has 0 atom stereocenters. The van der Waals surface area contributed by atoms with E-state index >= 15 is 0 Å². The number of hydrogen-bond donors (Lipinski definition) is 0. The SMILES string of the molecule is CC(C)(C)[Si](Oc1ccc(OC=O)c(Cl)c1)(c1ccccc1)c1ccccc1. The van der Waals surface area contributed by atoms with Crippen LogP contribution in [0.15, 0.2) is 78.9 Å². The summed E-state index contributed by atoms with van der Waals surface area (Å²) < 4.78 is 11.8. The highest BCUT2D eigenvalue weighted by Crippen LogP contribution is 2.39. The number of ether oxygens (including phenoxy) is 1. The first-order chi connectivity index (χ1) is 13.4. The van der Waals surface area contributed by atoms with Crippen molar-refractivity contribution in [1.29, 1.82) is 0 Å². The maximum atomic E-state index is 10.6. The Morgan fingerprint density at radius 1 is 0.857 bits per heavy atom. The van der Waals surface area contributed by atoms with Gasteiger partial charge in [0, 0.05) is 6.07 Å². The van der Waals surface area contributed by atoms with Gasteiger partial charge in [-0.15, -0.1) is 0 Å². The number of benzene rings is 3. The fourth-order valence-corrected chi connectivity index (χ4v) is 8.15. The van der Waals surface area contributed by atoms with Crippen LogP contribution in [-0.4, -0.2) is 14.8 Å². The van der Waals surface area contributed by atoms with Crippen molar-refractivity contribution >= 4 is 36.8 Å². The van der Waals surface area contributed by atoms with Crippen molar-refractivity contribution in [3.63, 3.8) is 0 Å². The predicted octanol–water partition coefficient (Wildman–Crippen LogP) is 4.81. The van der Waals surface area contributed by atoms with Crippen LogP contribution in [0.1, 0.15) is 20.8 Å². The summed E-state index contributed by atoms with van der Waals surface area (Å²) in [5, 5.41) is 2.54. The molecule has 0 N–H and O–H groups in total. The predicted molar refractivity (Wildman–Crippen MR) is 116 cm³/mol. The Labute approximate surface area is 172 Å². The Bertz CT molecular complexity index is 898. The van der Waals surface area contributed by atoms with Gasteiger partial charge < -0.3 is 9.16 Å². The Hall–Kier alpha value is -2.56. The van der Waals surface area contributed by atoms with E-state index in [1.807, 2.05) is 36.4 Å². The van der Waals surface area contributed by atoms with E-state index < -0.39 is 8.32 Å². The van der Waals surface area contributed by atoms with Gasteiger partial charge in [0.2, 0.25) is 0 Å². The fraction of sp³-hybridized carbons (Fsp3) is 0.174. The van der Waals surface area contributed by atoms with E-state index in [1.54, 1.807) is 18.2 Å². The van der Waals surface area contributed by atoms with E-state index in [0.29, 0.717) is 23.0 Å². The smallest absolute Gasteiger partial charge is 0.319 e. The molecule has 3 nitrogen and oxygen atoms in total. The Morgan fingerprint density at radius 2 is 1.39 bits per heavy atom. The summed E-state index contributed by atoms with van der Waals surface area (Å²) in [4.78, 5) is 10.6. The molecule has 0 bridgehead atoms. The third-order valence-corrected chi connectivity index (χ3v) is 10.0. The van der Waals surface area contributed by atoms with Crippen LogP contribution in [0, 0.1) is 0 Å². The third kappa shape index (κ3) is 3.84. The lowest BCUT2D eigenvalue weighted by Gasteiger charge is -2.43. The van der Waals surface area contributed by atoms with Gasteiger partial charge >= 0.3 is 8.32 Å². The largest absolute Gasteiger partial charge is 0.534 e. The first-order valence-corrected chi connectivity index (χ1v) is 11.4. The quantitative estimate of drug-likeness (QED) is 0.432. The molecule has 3 aromatic rings. The molecule has 28 heavy (non-hydrogen) atoms. The van der Waals surface area contributed by atoms with Crippen LogP contribution in [0.25, 0.3) is 0 Å². The molecular weight excluding hydrogens is 388 g/mol. The van der Waals surface area contributed by atoms with Crippen molar-refractivity contribution in [3.05, 3.63) is 83.9 Å². The van der Waals surface area contributed by atoms with Gasteiger partial charge in [0.05, 0.1) is 5.02 Å². The van der Waals surface area contributed by atoms with Crippen molar-refractivity contribution < 1.29 is 14.0 Å². The van der Waals surface area contributed by atoms with Crippen molar-refractivity contribution in [2.75, 3.05) is 0 Å². The Kier molecular flexibility index (Phi) is 5.92. The van der Waals surface area contributed by atoms with Crippen LogP contribution in [0.3, 0.4) is 0 Å². The van der Waals surface area contributed by atoms with Crippen LogP contribution >= 0.6 is 11.6 Å². The van der Waals surface area contributed by atoms with Gasteiger partial charge in [-0.3, -0.25) is 4.79 Å². The normalized spacial score (nSPS) is 11.7. The average molecular weight is 411 g/mol. The summed E-state index contributed by atoms with van der Waals surface area (Å²) >= 11 is 6.29. The standard InChI is InChI=1S/C23H23ClO3Si/c1-23(2,3)28(19-10-6-4-7-11-19,20-12-8-5-9-13-20)27-18-14-15-22(26-17-25)21(24)16-18/h4-17H,1-3H3. The molecule has 0 amide bonds.